The normalized spacial score (nSPS) is 20.3. The van der Waals surface area contributed by atoms with E-state index >= 15 is 0 Å². The van der Waals surface area contributed by atoms with Gasteiger partial charge < -0.3 is 24.8 Å². The van der Waals surface area contributed by atoms with Crippen LogP contribution in [-0.4, -0.2) is 99.7 Å². The molecule has 0 bridgehead atoms. The number of ether oxygens (including phenoxy) is 1. The zero-order chi connectivity index (χ0) is 18.8. The van der Waals surface area contributed by atoms with Crippen LogP contribution in [0.3, 0.4) is 0 Å². The number of nitrogens with zero attached hydrogens (tertiary/aromatic N) is 4. The Kier molecular flexibility index (Phi) is 12.3. The van der Waals surface area contributed by atoms with E-state index in [1.165, 1.54) is 52.8 Å². The smallest absolute Gasteiger partial charge is 0.308 e. The van der Waals surface area contributed by atoms with Gasteiger partial charge in [0, 0.05) is 52.9 Å². The first-order valence-electron chi connectivity index (χ1n) is 10.2. The second-order valence-electron chi connectivity index (χ2n) is 7.24. The number of hydrogen-bond acceptors (Lipinski definition) is 5. The molecule has 0 spiro atoms. The number of likely N-dealkylation sites (N-methyl/N-ethyl adjacent to an activating group) is 1. The number of aliphatic imine (C=N–C) groups is 1. The summed E-state index contributed by atoms with van der Waals surface area (Å²) in [6.45, 7) is 12.1. The van der Waals surface area contributed by atoms with Crippen molar-refractivity contribution in [2.75, 3.05) is 73.1 Å². The van der Waals surface area contributed by atoms with Gasteiger partial charge in [-0.3, -0.25) is 9.79 Å². The highest BCUT2D eigenvalue weighted by atomic mass is 127. The number of unbranched alkanes of at least 4 members (excludes halogenated alkanes) is 1. The average molecular weight is 495 g/mol. The molecule has 0 aliphatic carbocycles. The molecule has 0 unspecified atom stereocenters. The molecule has 0 aromatic rings. The molecule has 2 aliphatic rings. The van der Waals surface area contributed by atoms with Gasteiger partial charge in [-0.25, -0.2) is 0 Å². The minimum atomic E-state index is -0.0765. The Balaban J connectivity index is 0.00000364. The number of esters is 1. The minimum absolute atomic E-state index is 0. The predicted octanol–water partition coefficient (Wildman–Crippen LogP) is 1.48. The summed E-state index contributed by atoms with van der Waals surface area (Å²) in [6, 6.07) is 0. The quantitative estimate of drug-likeness (QED) is 0.190. The van der Waals surface area contributed by atoms with Crippen molar-refractivity contribution in [1.82, 2.24) is 20.0 Å². The third-order valence-electron chi connectivity index (χ3n) is 5.64. The molecule has 8 heteroatoms. The van der Waals surface area contributed by atoms with Crippen LogP contribution < -0.4 is 5.32 Å². The number of piperazine rings is 1. The van der Waals surface area contributed by atoms with Crippen LogP contribution in [0.2, 0.25) is 0 Å². The summed E-state index contributed by atoms with van der Waals surface area (Å²) in [7, 11) is 3.31. The van der Waals surface area contributed by atoms with Crippen LogP contribution in [0.4, 0.5) is 0 Å². The molecular formula is C19H38IN5O2. The maximum absolute atomic E-state index is 11.6. The Morgan fingerprint density at radius 3 is 2.26 bits per heavy atom. The first-order valence-corrected chi connectivity index (χ1v) is 10.2. The molecule has 2 aliphatic heterocycles. The Labute approximate surface area is 181 Å². The maximum Gasteiger partial charge on any atom is 0.308 e. The number of likely N-dealkylation sites (tertiary alicyclic amines) is 1. The zero-order valence-corrected chi connectivity index (χ0v) is 19.6. The summed E-state index contributed by atoms with van der Waals surface area (Å²) >= 11 is 0. The second kappa shape index (κ2) is 13.5. The van der Waals surface area contributed by atoms with Gasteiger partial charge in [0.15, 0.2) is 5.96 Å². The lowest BCUT2D eigenvalue weighted by Gasteiger charge is -2.34. The summed E-state index contributed by atoms with van der Waals surface area (Å²) < 4.78 is 4.86. The number of methoxy groups -OCH3 is 1. The third-order valence-corrected chi connectivity index (χ3v) is 5.64. The van der Waals surface area contributed by atoms with E-state index in [-0.39, 0.29) is 35.9 Å². The van der Waals surface area contributed by atoms with Gasteiger partial charge in [0.2, 0.25) is 0 Å². The molecule has 2 rings (SSSR count). The van der Waals surface area contributed by atoms with E-state index in [1.54, 1.807) is 0 Å². The highest BCUT2D eigenvalue weighted by Gasteiger charge is 2.26. The van der Waals surface area contributed by atoms with Crippen molar-refractivity contribution in [3.63, 3.8) is 0 Å². The van der Waals surface area contributed by atoms with E-state index in [4.69, 9.17) is 4.74 Å². The van der Waals surface area contributed by atoms with Crippen LogP contribution in [0.1, 0.15) is 32.6 Å². The van der Waals surface area contributed by atoms with E-state index in [0.29, 0.717) is 0 Å². The summed E-state index contributed by atoms with van der Waals surface area (Å²) in [5.74, 6) is 0.930. The van der Waals surface area contributed by atoms with Gasteiger partial charge in [-0.05, 0) is 38.8 Å². The monoisotopic (exact) mass is 495 g/mol. The van der Waals surface area contributed by atoms with Gasteiger partial charge in [-0.15, -0.1) is 24.0 Å². The van der Waals surface area contributed by atoms with E-state index < -0.39 is 0 Å². The molecule has 0 atom stereocenters. The lowest BCUT2D eigenvalue weighted by Crippen LogP contribution is -2.47. The summed E-state index contributed by atoms with van der Waals surface area (Å²) in [5, 5.41) is 3.48. The molecule has 2 fully saturated rings. The molecule has 0 aromatic carbocycles. The lowest BCUT2D eigenvalue weighted by molar-refractivity contribution is -0.146. The SMILES string of the molecule is CCN1CCN(CCCCNC(=NC)N2CCC(C(=O)OC)CC2)CC1.I. The van der Waals surface area contributed by atoms with Gasteiger partial charge in [-0.2, -0.15) is 0 Å². The summed E-state index contributed by atoms with van der Waals surface area (Å²) in [5.41, 5.74) is 0. The Bertz CT molecular complexity index is 447. The molecule has 0 radical (unpaired) electrons. The Morgan fingerprint density at radius 1 is 1.07 bits per heavy atom. The number of halogens is 1. The highest BCUT2D eigenvalue weighted by Crippen LogP contribution is 2.18. The number of carbonyl (C=O) groups is 1. The fraction of sp³-hybridized carbons (Fsp3) is 0.895. The van der Waals surface area contributed by atoms with Gasteiger partial charge in [0.05, 0.1) is 13.0 Å². The van der Waals surface area contributed by atoms with Crippen molar-refractivity contribution in [2.24, 2.45) is 10.9 Å². The number of rotatable bonds is 7. The molecule has 0 amide bonds. The van der Waals surface area contributed by atoms with Gasteiger partial charge in [0.1, 0.15) is 0 Å². The maximum atomic E-state index is 11.6. The Hall–Kier alpha value is -0.610. The second-order valence-corrected chi connectivity index (χ2v) is 7.24. The molecule has 158 valence electrons. The van der Waals surface area contributed by atoms with Crippen LogP contribution in [0.25, 0.3) is 0 Å². The van der Waals surface area contributed by atoms with Crippen molar-refractivity contribution in [3.05, 3.63) is 0 Å². The minimum Gasteiger partial charge on any atom is -0.469 e. The summed E-state index contributed by atoms with van der Waals surface area (Å²) in [4.78, 5) is 23.4. The van der Waals surface area contributed by atoms with Gasteiger partial charge in [0.25, 0.3) is 0 Å². The van der Waals surface area contributed by atoms with Crippen LogP contribution in [0, 0.1) is 5.92 Å². The fourth-order valence-corrected chi connectivity index (χ4v) is 3.82. The molecule has 2 heterocycles. The first-order chi connectivity index (χ1) is 12.7. The lowest BCUT2D eigenvalue weighted by atomic mass is 9.97. The van der Waals surface area contributed by atoms with E-state index in [1.807, 2.05) is 7.05 Å². The molecular weight excluding hydrogens is 457 g/mol. The number of carbonyl (C=O) groups excluding carboxylic acids is 1. The molecule has 1 N–H and O–H groups in total. The Morgan fingerprint density at radius 2 is 1.70 bits per heavy atom. The highest BCUT2D eigenvalue weighted by molar-refractivity contribution is 14.0. The van der Waals surface area contributed by atoms with Crippen LogP contribution in [-0.2, 0) is 9.53 Å². The molecule has 27 heavy (non-hydrogen) atoms. The first kappa shape index (κ1) is 24.4. The summed E-state index contributed by atoms with van der Waals surface area (Å²) in [6.07, 6.45) is 4.07. The standard InChI is InChI=1S/C19H37N5O2.HI/c1-4-22-13-15-23(16-14-22)10-6-5-9-21-19(20-2)24-11-7-17(8-12-24)18(25)26-3;/h17H,4-16H2,1-3H3,(H,20,21);1H. The fourth-order valence-electron chi connectivity index (χ4n) is 3.82. The average Bonchev–Trinajstić information content (AvgIpc) is 2.70. The van der Waals surface area contributed by atoms with Crippen molar-refractivity contribution in [1.29, 1.82) is 0 Å². The molecule has 2 saturated heterocycles. The number of nitrogens with one attached hydrogen (secondary N) is 1. The third kappa shape index (κ3) is 8.11. The number of hydrogen-bond donors (Lipinski definition) is 1. The van der Waals surface area contributed by atoms with Crippen molar-refractivity contribution in [3.8, 4) is 0 Å². The number of piperidine rings is 1. The van der Waals surface area contributed by atoms with Crippen molar-refractivity contribution in [2.45, 2.75) is 32.6 Å². The van der Waals surface area contributed by atoms with E-state index in [9.17, 15) is 4.79 Å². The van der Waals surface area contributed by atoms with Crippen molar-refractivity contribution >= 4 is 35.9 Å². The van der Waals surface area contributed by atoms with Gasteiger partial charge in [-0.1, -0.05) is 6.92 Å². The topological polar surface area (TPSA) is 60.4 Å². The molecule has 0 aromatic heterocycles. The molecule has 0 saturated carbocycles. The van der Waals surface area contributed by atoms with Crippen LogP contribution >= 0.6 is 24.0 Å². The zero-order valence-electron chi connectivity index (χ0n) is 17.3. The van der Waals surface area contributed by atoms with Crippen LogP contribution in [0.15, 0.2) is 4.99 Å². The van der Waals surface area contributed by atoms with Crippen LogP contribution in [0.5, 0.6) is 0 Å². The molecule has 7 nitrogen and oxygen atoms in total. The predicted molar refractivity (Wildman–Crippen MR) is 121 cm³/mol. The van der Waals surface area contributed by atoms with Gasteiger partial charge >= 0.3 is 5.97 Å². The van der Waals surface area contributed by atoms with E-state index in [2.05, 4.69) is 31.9 Å². The largest absolute Gasteiger partial charge is 0.469 e. The van der Waals surface area contributed by atoms with Crippen molar-refractivity contribution < 1.29 is 9.53 Å². The van der Waals surface area contributed by atoms with E-state index in [0.717, 1.165) is 44.9 Å². The number of guanidine groups is 1.